The summed E-state index contributed by atoms with van der Waals surface area (Å²) in [5, 5.41) is 3.10. The van der Waals surface area contributed by atoms with Crippen LogP contribution in [0.25, 0.3) is 11.0 Å². The van der Waals surface area contributed by atoms with E-state index in [-0.39, 0.29) is 16.6 Å². The number of benzene rings is 1. The van der Waals surface area contributed by atoms with Gasteiger partial charge >= 0.3 is 0 Å². The molecule has 0 radical (unpaired) electrons. The topological polar surface area (TPSA) is 79.6 Å². The number of amides is 1. The Balaban J connectivity index is 1.97. The zero-order valence-electron chi connectivity index (χ0n) is 13.0. The average Bonchev–Trinajstić information content (AvgIpc) is 2.77. The van der Waals surface area contributed by atoms with E-state index in [2.05, 4.69) is 5.32 Å². The summed E-state index contributed by atoms with van der Waals surface area (Å²) in [7, 11) is -1.98. The molecule has 1 aliphatic heterocycles. The van der Waals surface area contributed by atoms with Crippen LogP contribution >= 0.6 is 0 Å². The molecule has 0 spiro atoms. The van der Waals surface area contributed by atoms with E-state index in [4.69, 9.17) is 4.42 Å². The van der Waals surface area contributed by atoms with Crippen LogP contribution in [0.1, 0.15) is 36.2 Å². The third-order valence-electron chi connectivity index (χ3n) is 4.14. The lowest BCUT2D eigenvalue weighted by atomic mass is 10.2. The van der Waals surface area contributed by atoms with Gasteiger partial charge in [0.15, 0.2) is 5.76 Å². The second-order valence-corrected chi connectivity index (χ2v) is 7.65. The number of carbonyl (C=O) groups excluding carboxylic acids is 1. The van der Waals surface area contributed by atoms with Gasteiger partial charge in [-0.1, -0.05) is 12.8 Å². The molecule has 3 rings (SSSR count). The Bertz CT molecular complexity index is 818. The summed E-state index contributed by atoms with van der Waals surface area (Å²) in [5.74, 6) is -0.162. The van der Waals surface area contributed by atoms with Crippen molar-refractivity contribution < 1.29 is 17.6 Å². The number of nitrogens with zero attached hydrogens (tertiary/aromatic N) is 1. The minimum absolute atomic E-state index is 0.173. The molecule has 1 aliphatic rings. The number of sulfonamides is 1. The minimum Gasteiger partial charge on any atom is -0.451 e. The molecule has 1 N–H and O–H groups in total. The van der Waals surface area contributed by atoms with Gasteiger partial charge in [-0.05, 0) is 37.1 Å². The predicted molar refractivity (Wildman–Crippen MR) is 86.8 cm³/mol. The van der Waals surface area contributed by atoms with E-state index in [0.29, 0.717) is 24.1 Å². The predicted octanol–water partition coefficient (Wildman–Crippen LogP) is 2.36. The molecular weight excluding hydrogens is 316 g/mol. The molecular formula is C16H20N2O4S. The Kier molecular flexibility index (Phi) is 4.41. The quantitative estimate of drug-likeness (QED) is 0.933. The molecule has 0 unspecified atom stereocenters. The largest absolute Gasteiger partial charge is 0.451 e. The molecule has 0 saturated carbocycles. The van der Waals surface area contributed by atoms with Gasteiger partial charge in [-0.25, -0.2) is 8.42 Å². The number of hydrogen-bond donors (Lipinski definition) is 1. The summed E-state index contributed by atoms with van der Waals surface area (Å²) >= 11 is 0. The van der Waals surface area contributed by atoms with Crippen molar-refractivity contribution in [3.8, 4) is 0 Å². The highest BCUT2D eigenvalue weighted by Crippen LogP contribution is 2.26. The van der Waals surface area contributed by atoms with E-state index in [1.54, 1.807) is 28.6 Å². The minimum atomic E-state index is -3.50. The van der Waals surface area contributed by atoms with E-state index in [0.717, 1.165) is 25.7 Å². The molecule has 124 valence electrons. The van der Waals surface area contributed by atoms with Crippen molar-refractivity contribution in [1.82, 2.24) is 9.62 Å². The zero-order chi connectivity index (χ0) is 16.4. The van der Waals surface area contributed by atoms with Crippen molar-refractivity contribution in [2.75, 3.05) is 20.1 Å². The fraction of sp³-hybridized carbons (Fsp3) is 0.438. The van der Waals surface area contributed by atoms with Crippen molar-refractivity contribution in [2.24, 2.45) is 0 Å². The summed E-state index contributed by atoms with van der Waals surface area (Å²) < 4.78 is 32.6. The molecule has 23 heavy (non-hydrogen) atoms. The number of carbonyl (C=O) groups is 1. The van der Waals surface area contributed by atoms with Crippen LogP contribution in [0.2, 0.25) is 0 Å². The lowest BCUT2D eigenvalue weighted by Crippen LogP contribution is -2.31. The molecule has 6 nitrogen and oxygen atoms in total. The molecule has 7 heteroatoms. The van der Waals surface area contributed by atoms with E-state index in [1.165, 1.54) is 7.05 Å². The third kappa shape index (κ3) is 3.11. The maximum absolute atomic E-state index is 12.8. The zero-order valence-corrected chi connectivity index (χ0v) is 13.9. The molecule has 1 amide bonds. The van der Waals surface area contributed by atoms with Crippen LogP contribution < -0.4 is 5.32 Å². The monoisotopic (exact) mass is 336 g/mol. The molecule has 1 aromatic carbocycles. The normalized spacial score (nSPS) is 17.1. The molecule has 2 aromatic rings. The molecule has 1 saturated heterocycles. The van der Waals surface area contributed by atoms with Crippen LogP contribution in [-0.4, -0.2) is 38.8 Å². The lowest BCUT2D eigenvalue weighted by molar-refractivity contribution is 0.0938. The Labute approximate surface area is 135 Å². The van der Waals surface area contributed by atoms with E-state index >= 15 is 0 Å². The SMILES string of the molecule is CNC(=O)c1cc2cc(S(=O)(=O)N3CCCCCC3)ccc2o1. The summed E-state index contributed by atoms with van der Waals surface area (Å²) in [6.07, 6.45) is 3.94. The highest BCUT2D eigenvalue weighted by atomic mass is 32.2. The van der Waals surface area contributed by atoms with Crippen LogP contribution in [-0.2, 0) is 10.0 Å². The summed E-state index contributed by atoms with van der Waals surface area (Å²) in [5.41, 5.74) is 0.499. The molecule has 0 bridgehead atoms. The molecule has 1 aromatic heterocycles. The van der Waals surface area contributed by atoms with Crippen molar-refractivity contribution >= 4 is 26.9 Å². The van der Waals surface area contributed by atoms with Crippen LogP contribution in [0, 0.1) is 0 Å². The van der Waals surface area contributed by atoms with Crippen molar-refractivity contribution in [3.05, 3.63) is 30.0 Å². The molecule has 0 aliphatic carbocycles. The Hall–Kier alpha value is -1.86. The summed E-state index contributed by atoms with van der Waals surface area (Å²) in [6.45, 7) is 1.13. The second-order valence-electron chi connectivity index (χ2n) is 5.71. The second kappa shape index (κ2) is 6.33. The Morgan fingerprint density at radius 1 is 1.13 bits per heavy atom. The number of furan rings is 1. The van der Waals surface area contributed by atoms with Gasteiger partial charge in [0, 0.05) is 25.5 Å². The standard InChI is InChI=1S/C16H20N2O4S/c1-17-16(19)15-11-12-10-13(6-7-14(12)22-15)23(20,21)18-8-4-2-3-5-9-18/h6-7,10-11H,2-5,8-9H2,1H3,(H,17,19). The fourth-order valence-corrected chi connectivity index (χ4v) is 4.40. The summed E-state index contributed by atoms with van der Waals surface area (Å²) in [6, 6.07) is 6.28. The van der Waals surface area contributed by atoms with E-state index in [9.17, 15) is 13.2 Å². The first-order valence-electron chi connectivity index (χ1n) is 7.78. The van der Waals surface area contributed by atoms with Gasteiger partial charge < -0.3 is 9.73 Å². The molecule has 0 atom stereocenters. The van der Waals surface area contributed by atoms with Gasteiger partial charge in [0.1, 0.15) is 5.58 Å². The Morgan fingerprint density at radius 2 is 1.83 bits per heavy atom. The first-order valence-corrected chi connectivity index (χ1v) is 9.22. The van der Waals surface area contributed by atoms with Gasteiger partial charge in [0.05, 0.1) is 4.90 Å². The Morgan fingerprint density at radius 3 is 2.48 bits per heavy atom. The average molecular weight is 336 g/mol. The van der Waals surface area contributed by atoms with Gasteiger partial charge in [-0.15, -0.1) is 0 Å². The van der Waals surface area contributed by atoms with Crippen molar-refractivity contribution in [3.63, 3.8) is 0 Å². The van der Waals surface area contributed by atoms with Gasteiger partial charge in [0.25, 0.3) is 5.91 Å². The van der Waals surface area contributed by atoms with Crippen LogP contribution in [0.3, 0.4) is 0 Å². The highest BCUT2D eigenvalue weighted by Gasteiger charge is 2.25. The number of fused-ring (bicyclic) bond motifs is 1. The number of nitrogens with one attached hydrogen (secondary N) is 1. The summed E-state index contributed by atoms with van der Waals surface area (Å²) in [4.78, 5) is 11.9. The first kappa shape index (κ1) is 16.0. The van der Waals surface area contributed by atoms with Crippen LogP contribution in [0.4, 0.5) is 0 Å². The molecule has 1 fully saturated rings. The third-order valence-corrected chi connectivity index (χ3v) is 6.04. The van der Waals surface area contributed by atoms with Crippen molar-refractivity contribution in [1.29, 1.82) is 0 Å². The van der Waals surface area contributed by atoms with E-state index in [1.807, 2.05) is 0 Å². The van der Waals surface area contributed by atoms with Gasteiger partial charge in [0.2, 0.25) is 10.0 Å². The number of hydrogen-bond acceptors (Lipinski definition) is 4. The van der Waals surface area contributed by atoms with Gasteiger partial charge in [-0.2, -0.15) is 4.31 Å². The smallest absolute Gasteiger partial charge is 0.286 e. The van der Waals surface area contributed by atoms with Crippen LogP contribution in [0.5, 0.6) is 0 Å². The van der Waals surface area contributed by atoms with E-state index < -0.39 is 10.0 Å². The maximum Gasteiger partial charge on any atom is 0.286 e. The first-order chi connectivity index (χ1) is 11.0. The van der Waals surface area contributed by atoms with Gasteiger partial charge in [-0.3, -0.25) is 4.79 Å². The van der Waals surface area contributed by atoms with Crippen LogP contribution in [0.15, 0.2) is 33.6 Å². The van der Waals surface area contributed by atoms with Crippen molar-refractivity contribution in [2.45, 2.75) is 30.6 Å². The highest BCUT2D eigenvalue weighted by molar-refractivity contribution is 7.89. The molecule has 2 heterocycles. The maximum atomic E-state index is 12.8. The lowest BCUT2D eigenvalue weighted by Gasteiger charge is -2.19. The number of rotatable bonds is 3. The fourth-order valence-electron chi connectivity index (χ4n) is 2.85.